The van der Waals surface area contributed by atoms with Crippen molar-refractivity contribution in [1.82, 2.24) is 29.9 Å². The van der Waals surface area contributed by atoms with E-state index >= 15 is 0 Å². The van der Waals surface area contributed by atoms with Crippen molar-refractivity contribution in [2.24, 2.45) is 0 Å². The second kappa shape index (κ2) is 7.96. The Kier molecular flexibility index (Phi) is 5.26. The average Bonchev–Trinajstić information content (AvgIpc) is 3.21. The summed E-state index contributed by atoms with van der Waals surface area (Å²) in [5.74, 6) is 1.87. The molecule has 0 aromatic carbocycles. The van der Waals surface area contributed by atoms with Gasteiger partial charge in [0.2, 0.25) is 5.95 Å². The molecule has 0 atom stereocenters. The molecule has 0 unspecified atom stereocenters. The summed E-state index contributed by atoms with van der Waals surface area (Å²) in [5, 5.41) is 7.88. The van der Waals surface area contributed by atoms with Gasteiger partial charge in [-0.1, -0.05) is 5.21 Å². The van der Waals surface area contributed by atoms with Gasteiger partial charge in [0.25, 0.3) is 0 Å². The minimum Gasteiger partial charge on any atom is -0.378 e. The molecule has 0 radical (unpaired) electrons. The predicted octanol–water partition coefficient (Wildman–Crippen LogP) is 0.0353. The molecule has 2 aliphatic heterocycles. The first-order valence-corrected chi connectivity index (χ1v) is 9.28. The number of anilines is 2. The van der Waals surface area contributed by atoms with Crippen molar-refractivity contribution in [3.8, 4) is 0 Å². The summed E-state index contributed by atoms with van der Waals surface area (Å²) in [5.41, 5.74) is 1.02. The van der Waals surface area contributed by atoms with E-state index < -0.39 is 0 Å². The molecule has 0 N–H and O–H groups in total. The van der Waals surface area contributed by atoms with Crippen molar-refractivity contribution in [3.05, 3.63) is 24.2 Å². The number of nitrogens with zero attached hydrogens (tertiary/aromatic N) is 8. The second-order valence-electron chi connectivity index (χ2n) is 6.76. The Hall–Kier alpha value is -2.26. The Morgan fingerprint density at radius 2 is 1.77 bits per heavy atom. The lowest BCUT2D eigenvalue weighted by atomic mass is 10.3. The molecule has 0 bridgehead atoms. The van der Waals surface area contributed by atoms with Crippen LogP contribution < -0.4 is 9.80 Å². The van der Waals surface area contributed by atoms with Crippen LogP contribution in [0.3, 0.4) is 0 Å². The molecule has 0 amide bonds. The molecule has 0 spiro atoms. The van der Waals surface area contributed by atoms with E-state index in [1.807, 2.05) is 17.8 Å². The van der Waals surface area contributed by atoms with Crippen LogP contribution in [0, 0.1) is 6.92 Å². The van der Waals surface area contributed by atoms with Gasteiger partial charge >= 0.3 is 0 Å². The minimum absolute atomic E-state index is 0.747. The van der Waals surface area contributed by atoms with Crippen molar-refractivity contribution in [2.75, 3.05) is 68.8 Å². The molecular formula is C17H26N8O. The van der Waals surface area contributed by atoms with Crippen LogP contribution in [0.4, 0.5) is 11.8 Å². The molecule has 2 aromatic heterocycles. The minimum atomic E-state index is 0.747. The summed E-state index contributed by atoms with van der Waals surface area (Å²) in [7, 11) is 0. The van der Waals surface area contributed by atoms with Gasteiger partial charge in [0, 0.05) is 63.8 Å². The number of rotatable bonds is 5. The van der Waals surface area contributed by atoms with E-state index in [1.165, 1.54) is 0 Å². The van der Waals surface area contributed by atoms with E-state index in [2.05, 4.69) is 36.1 Å². The van der Waals surface area contributed by atoms with E-state index in [0.717, 1.165) is 83.0 Å². The smallest absolute Gasteiger partial charge is 0.227 e. The Morgan fingerprint density at radius 3 is 2.50 bits per heavy atom. The molecular weight excluding hydrogens is 332 g/mol. The summed E-state index contributed by atoms with van der Waals surface area (Å²) >= 11 is 0. The van der Waals surface area contributed by atoms with Crippen LogP contribution >= 0.6 is 0 Å². The molecule has 4 rings (SSSR count). The van der Waals surface area contributed by atoms with E-state index in [0.29, 0.717) is 0 Å². The number of piperazine rings is 1. The Balaban J connectivity index is 1.35. The summed E-state index contributed by atoms with van der Waals surface area (Å²) in [4.78, 5) is 16.5. The van der Waals surface area contributed by atoms with Crippen LogP contribution in [-0.2, 0) is 11.3 Å². The van der Waals surface area contributed by atoms with Gasteiger partial charge in [0.15, 0.2) is 0 Å². The zero-order chi connectivity index (χ0) is 17.8. The molecule has 2 aliphatic rings. The van der Waals surface area contributed by atoms with Gasteiger partial charge in [-0.25, -0.2) is 4.98 Å². The molecule has 2 aromatic rings. The van der Waals surface area contributed by atoms with Crippen molar-refractivity contribution in [2.45, 2.75) is 13.5 Å². The van der Waals surface area contributed by atoms with E-state index in [1.54, 1.807) is 6.20 Å². The van der Waals surface area contributed by atoms with Crippen LogP contribution in [0.5, 0.6) is 0 Å². The maximum absolute atomic E-state index is 5.44. The van der Waals surface area contributed by atoms with Gasteiger partial charge in [0.1, 0.15) is 5.82 Å². The molecule has 140 valence electrons. The van der Waals surface area contributed by atoms with Crippen molar-refractivity contribution in [1.29, 1.82) is 0 Å². The summed E-state index contributed by atoms with van der Waals surface area (Å²) in [6, 6.07) is 2.09. The zero-order valence-corrected chi connectivity index (χ0v) is 15.3. The molecule has 4 heterocycles. The third-order valence-electron chi connectivity index (χ3n) is 4.94. The highest BCUT2D eigenvalue weighted by Crippen LogP contribution is 2.19. The zero-order valence-electron chi connectivity index (χ0n) is 15.3. The van der Waals surface area contributed by atoms with E-state index in [4.69, 9.17) is 9.72 Å². The number of hydrogen-bond donors (Lipinski definition) is 0. The molecule has 2 saturated heterocycles. The van der Waals surface area contributed by atoms with Gasteiger partial charge in [-0.3, -0.25) is 9.58 Å². The largest absolute Gasteiger partial charge is 0.378 e. The first-order chi connectivity index (χ1) is 12.8. The van der Waals surface area contributed by atoms with E-state index in [9.17, 15) is 0 Å². The molecule has 2 fully saturated rings. The highest BCUT2D eigenvalue weighted by atomic mass is 16.5. The van der Waals surface area contributed by atoms with Crippen molar-refractivity contribution < 1.29 is 4.74 Å². The average molecular weight is 358 g/mol. The van der Waals surface area contributed by atoms with E-state index in [-0.39, 0.29) is 0 Å². The maximum Gasteiger partial charge on any atom is 0.227 e. The number of aromatic nitrogens is 5. The SMILES string of the molecule is Cc1cc(N2CCN(CCn3ccnn3)CC2)nc(N2CCOCC2)n1. The summed E-state index contributed by atoms with van der Waals surface area (Å²) in [6.45, 7) is 11.2. The topological polar surface area (TPSA) is 75.4 Å². The van der Waals surface area contributed by atoms with Gasteiger partial charge in [-0.2, -0.15) is 4.98 Å². The number of hydrogen-bond acceptors (Lipinski definition) is 8. The third kappa shape index (κ3) is 4.10. The predicted molar refractivity (Wildman–Crippen MR) is 98.5 cm³/mol. The summed E-state index contributed by atoms with van der Waals surface area (Å²) in [6.07, 6.45) is 3.63. The van der Waals surface area contributed by atoms with Gasteiger partial charge < -0.3 is 14.5 Å². The van der Waals surface area contributed by atoms with Gasteiger partial charge in [-0.05, 0) is 6.92 Å². The standard InChI is InChI=1S/C17H26N8O/c1-15-14-16(20-17(19-15)24-10-12-26-13-11-24)23-7-4-22(5-8-23)6-9-25-3-2-18-21-25/h2-3,14H,4-13H2,1H3. The van der Waals surface area contributed by atoms with Crippen molar-refractivity contribution in [3.63, 3.8) is 0 Å². The van der Waals surface area contributed by atoms with Crippen LogP contribution in [-0.4, -0.2) is 88.9 Å². The molecule has 9 nitrogen and oxygen atoms in total. The quantitative estimate of drug-likeness (QED) is 0.741. The molecule has 0 aliphatic carbocycles. The van der Waals surface area contributed by atoms with Crippen LogP contribution in [0.2, 0.25) is 0 Å². The highest BCUT2D eigenvalue weighted by Gasteiger charge is 2.21. The molecule has 26 heavy (non-hydrogen) atoms. The van der Waals surface area contributed by atoms with Crippen molar-refractivity contribution >= 4 is 11.8 Å². The van der Waals surface area contributed by atoms with Crippen LogP contribution in [0.25, 0.3) is 0 Å². The fraction of sp³-hybridized carbons (Fsp3) is 0.647. The number of morpholine rings is 1. The third-order valence-corrected chi connectivity index (χ3v) is 4.94. The Morgan fingerprint density at radius 1 is 0.962 bits per heavy atom. The monoisotopic (exact) mass is 358 g/mol. The fourth-order valence-corrected chi connectivity index (χ4v) is 3.40. The van der Waals surface area contributed by atoms with Crippen LogP contribution in [0.1, 0.15) is 5.69 Å². The number of aryl methyl sites for hydroxylation is 1. The lowest BCUT2D eigenvalue weighted by Gasteiger charge is -2.36. The first kappa shape index (κ1) is 17.2. The highest BCUT2D eigenvalue weighted by molar-refractivity contribution is 5.46. The molecule has 0 saturated carbocycles. The first-order valence-electron chi connectivity index (χ1n) is 9.28. The lowest BCUT2D eigenvalue weighted by Crippen LogP contribution is -2.47. The van der Waals surface area contributed by atoms with Gasteiger partial charge in [-0.15, -0.1) is 5.10 Å². The number of ether oxygens (including phenoxy) is 1. The Bertz CT molecular complexity index is 693. The molecule has 9 heteroatoms. The van der Waals surface area contributed by atoms with Crippen LogP contribution in [0.15, 0.2) is 18.5 Å². The lowest BCUT2D eigenvalue weighted by molar-refractivity contribution is 0.122. The fourth-order valence-electron chi connectivity index (χ4n) is 3.40. The normalized spacial score (nSPS) is 19.1. The maximum atomic E-state index is 5.44. The van der Waals surface area contributed by atoms with Gasteiger partial charge in [0.05, 0.1) is 26.0 Å². The Labute approximate surface area is 153 Å². The second-order valence-corrected chi connectivity index (χ2v) is 6.76. The summed E-state index contributed by atoms with van der Waals surface area (Å²) < 4.78 is 7.32.